The van der Waals surface area contributed by atoms with Gasteiger partial charge in [-0.3, -0.25) is 9.20 Å². The normalized spacial score (nSPS) is 12.5. The Bertz CT molecular complexity index is 1570. The molecule has 8 nitrogen and oxygen atoms in total. The Morgan fingerprint density at radius 1 is 1.17 bits per heavy atom. The highest BCUT2D eigenvalue weighted by Gasteiger charge is 2.28. The number of rotatable bonds is 6. The van der Waals surface area contributed by atoms with E-state index in [1.165, 1.54) is 24.4 Å². The summed E-state index contributed by atoms with van der Waals surface area (Å²) in [6.45, 7) is 3.89. The molecule has 1 atom stereocenters. The van der Waals surface area contributed by atoms with Crippen LogP contribution in [0.15, 0.2) is 47.5 Å². The molecule has 0 bridgehead atoms. The monoisotopic (exact) mass is 533 g/mol. The van der Waals surface area contributed by atoms with Gasteiger partial charge in [-0.15, -0.1) is 0 Å². The van der Waals surface area contributed by atoms with E-state index in [0.29, 0.717) is 11.3 Å². The Kier molecular flexibility index (Phi) is 6.68. The van der Waals surface area contributed by atoms with E-state index in [4.69, 9.17) is 23.2 Å². The van der Waals surface area contributed by atoms with Crippen LogP contribution in [0.3, 0.4) is 0 Å². The molecule has 0 saturated heterocycles. The van der Waals surface area contributed by atoms with Crippen LogP contribution in [0.1, 0.15) is 47.1 Å². The number of alkyl halides is 2. The summed E-state index contributed by atoms with van der Waals surface area (Å²) in [5, 5.41) is 12.7. The second-order valence-corrected chi connectivity index (χ2v) is 9.00. The second-order valence-electron chi connectivity index (χ2n) is 8.23. The van der Waals surface area contributed by atoms with Crippen molar-refractivity contribution in [2.45, 2.75) is 32.7 Å². The van der Waals surface area contributed by atoms with Crippen LogP contribution in [-0.4, -0.2) is 30.4 Å². The van der Waals surface area contributed by atoms with E-state index in [1.54, 1.807) is 26.0 Å². The Labute approximate surface area is 213 Å². The number of carboxylic acids is 1. The van der Waals surface area contributed by atoms with E-state index < -0.39 is 29.1 Å². The van der Waals surface area contributed by atoms with Gasteiger partial charge in [0.1, 0.15) is 16.0 Å². The summed E-state index contributed by atoms with van der Waals surface area (Å²) in [4.78, 5) is 37.4. The zero-order valence-corrected chi connectivity index (χ0v) is 20.7. The molecule has 0 saturated carbocycles. The number of aromatic carboxylic acids is 1. The van der Waals surface area contributed by atoms with Crippen LogP contribution in [-0.2, 0) is 5.92 Å². The number of fused-ring (bicyclic) bond motifs is 1. The van der Waals surface area contributed by atoms with Crippen molar-refractivity contribution in [2.75, 3.05) is 5.32 Å². The number of nitrogens with one attached hydrogen (secondary N) is 1. The lowest BCUT2D eigenvalue weighted by atomic mass is 10.0. The number of hydrogen-bond acceptors (Lipinski definition) is 6. The minimum Gasteiger partial charge on any atom is -0.476 e. The highest BCUT2D eigenvalue weighted by Crippen LogP contribution is 2.33. The lowest BCUT2D eigenvalue weighted by Gasteiger charge is -2.22. The number of hydrogen-bond donors (Lipinski definition) is 2. The van der Waals surface area contributed by atoms with Crippen LogP contribution in [0.25, 0.3) is 16.9 Å². The standard InChI is InChI=1S/C24H19Cl2F2N5O3/c1-11-19(13-6-7-29-18(26)8-13)32-21-15(9-14(24(3,27)28)10-33(21)22(11)34)12(2)30-16-4-5-17(25)31-20(16)23(35)36/h4-10,12,30H,1-3H3,(H,35,36)/t12-/m1/s1. The van der Waals surface area contributed by atoms with E-state index in [0.717, 1.165) is 17.5 Å². The van der Waals surface area contributed by atoms with Gasteiger partial charge in [0.15, 0.2) is 5.69 Å². The highest BCUT2D eigenvalue weighted by molar-refractivity contribution is 6.30. The fourth-order valence-electron chi connectivity index (χ4n) is 3.77. The molecule has 4 aromatic rings. The molecule has 0 radical (unpaired) electrons. The van der Waals surface area contributed by atoms with Crippen molar-refractivity contribution < 1.29 is 18.7 Å². The molecule has 2 N–H and O–H groups in total. The predicted octanol–water partition coefficient (Wildman–Crippen LogP) is 5.75. The number of aromatic nitrogens is 4. The van der Waals surface area contributed by atoms with Gasteiger partial charge in [0.05, 0.1) is 17.4 Å². The molecule has 186 valence electrons. The average Bonchev–Trinajstić information content (AvgIpc) is 2.81. The molecule has 0 unspecified atom stereocenters. The maximum atomic E-state index is 14.4. The van der Waals surface area contributed by atoms with Crippen molar-refractivity contribution in [3.63, 3.8) is 0 Å². The molecule has 12 heteroatoms. The second kappa shape index (κ2) is 9.44. The van der Waals surface area contributed by atoms with E-state index in [-0.39, 0.29) is 38.5 Å². The van der Waals surface area contributed by atoms with Gasteiger partial charge in [-0.25, -0.2) is 28.5 Å². The van der Waals surface area contributed by atoms with Crippen LogP contribution in [0.2, 0.25) is 10.3 Å². The van der Waals surface area contributed by atoms with Crippen LogP contribution >= 0.6 is 23.2 Å². The first kappa shape index (κ1) is 25.5. The molecule has 0 aromatic carbocycles. The van der Waals surface area contributed by atoms with Gasteiger partial charge in [0, 0.05) is 41.6 Å². The minimum absolute atomic E-state index is 0.0203. The molecule has 0 fully saturated rings. The third-order valence-corrected chi connectivity index (χ3v) is 6.00. The number of anilines is 1. The van der Waals surface area contributed by atoms with Gasteiger partial charge in [0.2, 0.25) is 0 Å². The zero-order valence-electron chi connectivity index (χ0n) is 19.2. The first-order valence-corrected chi connectivity index (χ1v) is 11.4. The van der Waals surface area contributed by atoms with Crippen LogP contribution in [0.5, 0.6) is 0 Å². The van der Waals surface area contributed by atoms with Crippen LogP contribution in [0.4, 0.5) is 14.5 Å². The van der Waals surface area contributed by atoms with Gasteiger partial charge in [-0.2, -0.15) is 0 Å². The Hall–Kier alpha value is -3.63. The van der Waals surface area contributed by atoms with Crippen molar-refractivity contribution in [1.82, 2.24) is 19.4 Å². The van der Waals surface area contributed by atoms with Gasteiger partial charge < -0.3 is 10.4 Å². The Balaban J connectivity index is 1.97. The summed E-state index contributed by atoms with van der Waals surface area (Å²) in [6.07, 6.45) is 2.52. The number of carbonyl (C=O) groups is 1. The smallest absolute Gasteiger partial charge is 0.356 e. The third-order valence-electron chi connectivity index (χ3n) is 5.59. The van der Waals surface area contributed by atoms with E-state index in [9.17, 15) is 23.5 Å². The van der Waals surface area contributed by atoms with Gasteiger partial charge in [0.25, 0.3) is 11.5 Å². The van der Waals surface area contributed by atoms with Crippen molar-refractivity contribution >= 4 is 40.5 Å². The van der Waals surface area contributed by atoms with Crippen molar-refractivity contribution in [1.29, 1.82) is 0 Å². The number of carboxylic acid groups (broad SMARTS) is 1. The lowest BCUT2D eigenvalue weighted by molar-refractivity contribution is 0.0169. The summed E-state index contributed by atoms with van der Waals surface area (Å²) in [6, 6.07) is 6.46. The van der Waals surface area contributed by atoms with Gasteiger partial charge in [-0.05, 0) is 44.2 Å². The highest BCUT2D eigenvalue weighted by atomic mass is 35.5. The number of nitrogens with zero attached hydrogens (tertiary/aromatic N) is 4. The Morgan fingerprint density at radius 3 is 2.53 bits per heavy atom. The molecule has 4 rings (SSSR count). The summed E-state index contributed by atoms with van der Waals surface area (Å²) in [5.41, 5.74) is 0.237. The predicted molar refractivity (Wildman–Crippen MR) is 132 cm³/mol. The van der Waals surface area contributed by atoms with E-state index >= 15 is 0 Å². The average molecular weight is 534 g/mol. The van der Waals surface area contributed by atoms with Crippen molar-refractivity contribution in [3.05, 3.63) is 85.8 Å². The Morgan fingerprint density at radius 2 is 1.89 bits per heavy atom. The molecule has 36 heavy (non-hydrogen) atoms. The molecule has 4 aromatic heterocycles. The molecule has 0 aliphatic heterocycles. The zero-order chi connectivity index (χ0) is 26.4. The summed E-state index contributed by atoms with van der Waals surface area (Å²) >= 11 is 11.9. The maximum absolute atomic E-state index is 14.4. The fourth-order valence-corrected chi connectivity index (χ4v) is 4.09. The number of halogens is 4. The molecule has 0 amide bonds. The first-order chi connectivity index (χ1) is 16.9. The minimum atomic E-state index is -3.26. The van der Waals surface area contributed by atoms with E-state index in [1.807, 2.05) is 0 Å². The largest absolute Gasteiger partial charge is 0.476 e. The van der Waals surface area contributed by atoms with Crippen LogP contribution in [0, 0.1) is 6.92 Å². The molecule has 4 heterocycles. The van der Waals surface area contributed by atoms with Gasteiger partial charge >= 0.3 is 5.97 Å². The molecule has 0 aliphatic rings. The third kappa shape index (κ3) is 4.87. The molecule has 0 spiro atoms. The summed E-state index contributed by atoms with van der Waals surface area (Å²) in [5.74, 6) is -4.59. The van der Waals surface area contributed by atoms with Gasteiger partial charge in [-0.1, -0.05) is 23.2 Å². The lowest BCUT2D eigenvalue weighted by Crippen LogP contribution is -2.24. The van der Waals surface area contributed by atoms with Crippen LogP contribution < -0.4 is 10.9 Å². The van der Waals surface area contributed by atoms with Crippen molar-refractivity contribution in [3.8, 4) is 11.3 Å². The molecule has 0 aliphatic carbocycles. The fraction of sp³-hybridized carbons (Fsp3) is 0.208. The maximum Gasteiger partial charge on any atom is 0.356 e. The van der Waals surface area contributed by atoms with Crippen molar-refractivity contribution in [2.24, 2.45) is 0 Å². The SMILES string of the molecule is Cc1c(-c2ccnc(Cl)c2)nc2c([C@@H](C)Nc3ccc(Cl)nc3C(=O)O)cc(C(C)(F)F)cn2c1=O. The summed E-state index contributed by atoms with van der Waals surface area (Å²) < 4.78 is 29.9. The number of pyridine rings is 3. The molecular weight excluding hydrogens is 515 g/mol. The first-order valence-electron chi connectivity index (χ1n) is 10.6. The quantitative estimate of drug-likeness (QED) is 0.303. The topological polar surface area (TPSA) is 109 Å². The molecular formula is C24H19Cl2F2N5O3. The van der Waals surface area contributed by atoms with E-state index in [2.05, 4.69) is 20.3 Å². The summed E-state index contributed by atoms with van der Waals surface area (Å²) in [7, 11) is 0.